The minimum Gasteiger partial charge on any atom is -0.485 e. The van der Waals surface area contributed by atoms with Crippen molar-refractivity contribution in [3.8, 4) is 5.75 Å². The molecular weight excluding hydrogens is 353 g/mol. The molecule has 0 radical (unpaired) electrons. The summed E-state index contributed by atoms with van der Waals surface area (Å²) < 4.78 is 32.7. The number of ether oxygens (including phenoxy) is 1. The van der Waals surface area contributed by atoms with Crippen LogP contribution in [-0.2, 0) is 15.7 Å². The average Bonchev–Trinajstić information content (AvgIpc) is 3.07. The van der Waals surface area contributed by atoms with Gasteiger partial charge in [0, 0.05) is 17.9 Å². The first kappa shape index (κ1) is 17.8. The first-order valence-corrected chi connectivity index (χ1v) is 9.15. The summed E-state index contributed by atoms with van der Waals surface area (Å²) in [6, 6.07) is 11.2. The standard InChI is InChI=1S/C20H21BClFO3/c1-19(2)20(3,4)26-21(25-19)17-13-10-15(12-8-6-5-7-9-12)24-16(13)11-14(23)18(17)22/h5-9,11,15H,10H2,1-4H3. The molecule has 0 spiro atoms. The van der Waals surface area contributed by atoms with E-state index in [-0.39, 0.29) is 11.1 Å². The molecule has 6 heteroatoms. The monoisotopic (exact) mass is 374 g/mol. The average molecular weight is 375 g/mol. The molecule has 136 valence electrons. The molecule has 26 heavy (non-hydrogen) atoms. The van der Waals surface area contributed by atoms with E-state index < -0.39 is 24.1 Å². The van der Waals surface area contributed by atoms with Gasteiger partial charge >= 0.3 is 7.12 Å². The van der Waals surface area contributed by atoms with Crippen molar-refractivity contribution in [3.63, 3.8) is 0 Å². The van der Waals surface area contributed by atoms with Crippen LogP contribution in [0.15, 0.2) is 36.4 Å². The maximum atomic E-state index is 14.5. The van der Waals surface area contributed by atoms with Gasteiger partial charge in [0.25, 0.3) is 0 Å². The van der Waals surface area contributed by atoms with Crippen LogP contribution in [0, 0.1) is 5.82 Å². The Morgan fingerprint density at radius 1 is 1.08 bits per heavy atom. The molecule has 4 rings (SSSR count). The molecule has 1 atom stereocenters. The molecular formula is C20H21BClFO3. The van der Waals surface area contributed by atoms with Crippen LogP contribution in [0.3, 0.4) is 0 Å². The van der Waals surface area contributed by atoms with Gasteiger partial charge in [0.05, 0.1) is 16.2 Å². The van der Waals surface area contributed by atoms with Crippen molar-refractivity contribution in [2.45, 2.75) is 51.4 Å². The summed E-state index contributed by atoms with van der Waals surface area (Å²) in [5.41, 5.74) is 1.37. The Hall–Kier alpha value is -1.56. The van der Waals surface area contributed by atoms with Crippen LogP contribution in [0.1, 0.15) is 44.9 Å². The number of rotatable bonds is 2. The van der Waals surface area contributed by atoms with Gasteiger partial charge in [-0.2, -0.15) is 0 Å². The van der Waals surface area contributed by atoms with Crippen molar-refractivity contribution in [3.05, 3.63) is 58.4 Å². The molecule has 1 fully saturated rings. The second kappa shape index (κ2) is 5.98. The summed E-state index contributed by atoms with van der Waals surface area (Å²) in [4.78, 5) is 0. The van der Waals surface area contributed by atoms with Crippen LogP contribution < -0.4 is 10.2 Å². The van der Waals surface area contributed by atoms with Crippen LogP contribution in [-0.4, -0.2) is 18.3 Å². The zero-order valence-electron chi connectivity index (χ0n) is 15.3. The number of hydrogen-bond acceptors (Lipinski definition) is 3. The van der Waals surface area contributed by atoms with E-state index in [1.54, 1.807) is 0 Å². The predicted octanol–water partition coefficient (Wildman–Crippen LogP) is 4.45. The number of hydrogen-bond donors (Lipinski definition) is 0. The fourth-order valence-electron chi connectivity index (χ4n) is 3.42. The highest BCUT2D eigenvalue weighted by Crippen LogP contribution is 2.42. The molecule has 2 aromatic carbocycles. The Morgan fingerprint density at radius 3 is 2.31 bits per heavy atom. The molecule has 0 bridgehead atoms. The van der Waals surface area contributed by atoms with Crippen molar-refractivity contribution in [2.24, 2.45) is 0 Å². The van der Waals surface area contributed by atoms with Crippen molar-refractivity contribution in [2.75, 3.05) is 0 Å². The summed E-state index contributed by atoms with van der Waals surface area (Å²) >= 11 is 6.35. The Balaban J connectivity index is 1.75. The minimum atomic E-state index is -0.727. The highest BCUT2D eigenvalue weighted by Gasteiger charge is 2.53. The molecule has 2 aliphatic heterocycles. The molecule has 0 aliphatic carbocycles. The Kier molecular flexibility index (Phi) is 4.10. The van der Waals surface area contributed by atoms with Gasteiger partial charge in [-0.15, -0.1) is 0 Å². The van der Waals surface area contributed by atoms with Crippen LogP contribution in [0.2, 0.25) is 5.02 Å². The van der Waals surface area contributed by atoms with E-state index >= 15 is 0 Å². The fraction of sp³-hybridized carbons (Fsp3) is 0.400. The van der Waals surface area contributed by atoms with Crippen LogP contribution in [0.5, 0.6) is 5.75 Å². The van der Waals surface area contributed by atoms with E-state index in [0.29, 0.717) is 17.6 Å². The zero-order chi connectivity index (χ0) is 18.7. The van der Waals surface area contributed by atoms with Gasteiger partial charge in [-0.1, -0.05) is 41.9 Å². The molecule has 2 heterocycles. The molecule has 2 aromatic rings. The first-order chi connectivity index (χ1) is 12.2. The van der Waals surface area contributed by atoms with Gasteiger partial charge in [-0.05, 0) is 38.8 Å². The van der Waals surface area contributed by atoms with E-state index in [4.69, 9.17) is 25.6 Å². The van der Waals surface area contributed by atoms with Crippen LogP contribution >= 0.6 is 11.6 Å². The Bertz CT molecular complexity index is 838. The lowest BCUT2D eigenvalue weighted by molar-refractivity contribution is 0.00578. The third-order valence-corrected chi connectivity index (χ3v) is 6.03. The first-order valence-electron chi connectivity index (χ1n) is 8.77. The lowest BCUT2D eigenvalue weighted by Crippen LogP contribution is -2.41. The summed E-state index contributed by atoms with van der Waals surface area (Å²) in [5.74, 6) is -0.0192. The van der Waals surface area contributed by atoms with Gasteiger partial charge in [-0.25, -0.2) is 4.39 Å². The maximum Gasteiger partial charge on any atom is 0.496 e. The molecule has 0 saturated carbocycles. The van der Waals surface area contributed by atoms with Gasteiger partial charge in [-0.3, -0.25) is 0 Å². The van der Waals surface area contributed by atoms with Gasteiger partial charge in [0.1, 0.15) is 17.7 Å². The Morgan fingerprint density at radius 2 is 1.69 bits per heavy atom. The van der Waals surface area contributed by atoms with Crippen LogP contribution in [0.4, 0.5) is 4.39 Å². The normalized spacial score (nSPS) is 23.0. The molecule has 0 amide bonds. The lowest BCUT2D eigenvalue weighted by atomic mass is 9.74. The van der Waals surface area contributed by atoms with Gasteiger partial charge in [0.15, 0.2) is 0 Å². The third-order valence-electron chi connectivity index (χ3n) is 5.65. The van der Waals surface area contributed by atoms with Crippen molar-refractivity contribution >= 4 is 24.2 Å². The second-order valence-corrected chi connectivity index (χ2v) is 8.25. The second-order valence-electron chi connectivity index (χ2n) is 7.87. The molecule has 3 nitrogen and oxygen atoms in total. The lowest BCUT2D eigenvalue weighted by Gasteiger charge is -2.32. The largest absolute Gasteiger partial charge is 0.496 e. The number of benzene rings is 2. The topological polar surface area (TPSA) is 27.7 Å². The summed E-state index contributed by atoms with van der Waals surface area (Å²) in [6.45, 7) is 7.85. The van der Waals surface area contributed by atoms with E-state index in [1.165, 1.54) is 6.07 Å². The maximum absolute atomic E-state index is 14.5. The summed E-state index contributed by atoms with van der Waals surface area (Å²) in [7, 11) is -0.727. The SMILES string of the molecule is CC1(C)OB(c2c(Cl)c(F)cc3c2CC(c2ccccc2)O3)OC1(C)C. The summed E-state index contributed by atoms with van der Waals surface area (Å²) in [6.07, 6.45) is 0.420. The highest BCUT2D eigenvalue weighted by atomic mass is 35.5. The van der Waals surface area contributed by atoms with Gasteiger partial charge < -0.3 is 14.0 Å². The van der Waals surface area contributed by atoms with E-state index in [0.717, 1.165) is 11.1 Å². The van der Waals surface area contributed by atoms with Crippen molar-refractivity contribution in [1.29, 1.82) is 0 Å². The molecule has 0 N–H and O–H groups in total. The fourth-order valence-corrected chi connectivity index (χ4v) is 3.67. The van der Waals surface area contributed by atoms with E-state index in [9.17, 15) is 4.39 Å². The minimum absolute atomic E-state index is 0.0413. The molecule has 0 aromatic heterocycles. The molecule has 1 unspecified atom stereocenters. The van der Waals surface area contributed by atoms with Crippen molar-refractivity contribution < 1.29 is 18.4 Å². The predicted molar refractivity (Wildman–Crippen MR) is 101 cm³/mol. The van der Waals surface area contributed by atoms with E-state index in [2.05, 4.69) is 0 Å². The van der Waals surface area contributed by atoms with Crippen LogP contribution in [0.25, 0.3) is 0 Å². The zero-order valence-corrected chi connectivity index (χ0v) is 16.1. The smallest absolute Gasteiger partial charge is 0.485 e. The molecule has 1 saturated heterocycles. The van der Waals surface area contributed by atoms with E-state index in [1.807, 2.05) is 58.0 Å². The summed E-state index contributed by atoms with van der Waals surface area (Å²) in [5, 5.41) is 0.0413. The quantitative estimate of drug-likeness (QED) is 0.727. The highest BCUT2D eigenvalue weighted by molar-refractivity contribution is 6.66. The van der Waals surface area contributed by atoms with Crippen molar-refractivity contribution in [1.82, 2.24) is 0 Å². The molecule has 2 aliphatic rings. The Labute approximate surface area is 158 Å². The van der Waals surface area contributed by atoms with Gasteiger partial charge in [0.2, 0.25) is 0 Å². The third kappa shape index (κ3) is 2.73. The number of halogens is 2. The number of fused-ring (bicyclic) bond motifs is 1.